The van der Waals surface area contributed by atoms with Crippen molar-refractivity contribution in [3.05, 3.63) is 65.9 Å². The summed E-state index contributed by atoms with van der Waals surface area (Å²) in [6, 6.07) is 17.1. The first kappa shape index (κ1) is 21.2. The predicted octanol–water partition coefficient (Wildman–Crippen LogP) is 3.15. The van der Waals surface area contributed by atoms with Gasteiger partial charge in [0.1, 0.15) is 0 Å². The van der Waals surface area contributed by atoms with Crippen LogP contribution in [0, 0.1) is 11.8 Å². The predicted molar refractivity (Wildman–Crippen MR) is 125 cm³/mol. The van der Waals surface area contributed by atoms with Crippen LogP contribution in [0.25, 0.3) is 10.9 Å². The number of nitrogens with zero attached hydrogens (tertiary/aromatic N) is 2. The molecular weight excluding hydrogens is 400 g/mol. The normalized spacial score (nSPS) is 26.7. The van der Waals surface area contributed by atoms with Crippen LogP contribution in [0.3, 0.4) is 0 Å². The molecule has 0 bridgehead atoms. The van der Waals surface area contributed by atoms with E-state index in [2.05, 4.69) is 76.7 Å². The lowest BCUT2D eigenvalue weighted by Gasteiger charge is -2.35. The van der Waals surface area contributed by atoms with Crippen LogP contribution in [0.5, 0.6) is 0 Å². The lowest BCUT2D eigenvalue weighted by Crippen LogP contribution is -2.50. The smallest absolute Gasteiger partial charge is 0.224 e. The zero-order valence-corrected chi connectivity index (χ0v) is 18.9. The lowest BCUT2D eigenvalue weighted by atomic mass is 9.94. The largest absolute Gasteiger partial charge is 0.379 e. The first-order chi connectivity index (χ1) is 15.6. The average molecular weight is 433 g/mol. The molecule has 32 heavy (non-hydrogen) atoms. The number of carbonyl (C=O) groups is 1. The van der Waals surface area contributed by atoms with Gasteiger partial charge in [0.05, 0.1) is 30.8 Å². The molecule has 2 heterocycles. The highest BCUT2D eigenvalue weighted by Gasteiger charge is 2.62. The maximum Gasteiger partial charge on any atom is 0.224 e. The summed E-state index contributed by atoms with van der Waals surface area (Å²) < 4.78 is 5.57. The zero-order valence-electron chi connectivity index (χ0n) is 18.9. The van der Waals surface area contributed by atoms with Crippen molar-refractivity contribution in [3.8, 4) is 0 Å². The Labute approximate surface area is 189 Å². The van der Waals surface area contributed by atoms with Gasteiger partial charge in [-0.05, 0) is 35.6 Å². The molecule has 1 aliphatic carbocycles. The fourth-order valence-corrected chi connectivity index (χ4v) is 5.46. The molecule has 0 spiro atoms. The molecule has 168 valence electrons. The van der Waals surface area contributed by atoms with Gasteiger partial charge in [-0.1, -0.05) is 50.2 Å². The standard InChI is InChI=1S/C26H32N4O2/c1-18-24(26(18,2)21-6-4-3-5-7-21)25(31)27-17-22(30-10-12-32-13-11-30)15-19-8-9-23-20(14-19)16-28-29-23/h3-9,14,16,18,22,24H,10-13,15,17H2,1-2H3,(H,27,31)(H,28,29)/t18?,22-,24?,26+/m0/s1. The van der Waals surface area contributed by atoms with E-state index in [1.54, 1.807) is 0 Å². The molecule has 2 aromatic carbocycles. The molecule has 1 saturated carbocycles. The van der Waals surface area contributed by atoms with Crippen LogP contribution in [-0.4, -0.2) is 59.9 Å². The molecule has 5 rings (SSSR count). The number of ether oxygens (including phenoxy) is 1. The Morgan fingerprint density at radius 3 is 2.81 bits per heavy atom. The van der Waals surface area contributed by atoms with Crippen molar-refractivity contribution in [2.24, 2.45) is 11.8 Å². The molecule has 2 unspecified atom stereocenters. The molecule has 1 saturated heterocycles. The quantitative estimate of drug-likeness (QED) is 0.602. The summed E-state index contributed by atoms with van der Waals surface area (Å²) in [7, 11) is 0. The second kappa shape index (κ2) is 8.68. The Morgan fingerprint density at radius 1 is 1.25 bits per heavy atom. The highest BCUT2D eigenvalue weighted by molar-refractivity contribution is 5.85. The van der Waals surface area contributed by atoms with E-state index in [9.17, 15) is 4.79 Å². The molecule has 2 fully saturated rings. The summed E-state index contributed by atoms with van der Waals surface area (Å²) in [6.07, 6.45) is 2.75. The summed E-state index contributed by atoms with van der Waals surface area (Å²) >= 11 is 0. The van der Waals surface area contributed by atoms with Crippen LogP contribution in [0.1, 0.15) is 25.0 Å². The molecule has 1 aliphatic heterocycles. The number of rotatable bonds is 7. The number of carbonyl (C=O) groups excluding carboxylic acids is 1. The number of H-pyrrole nitrogens is 1. The summed E-state index contributed by atoms with van der Waals surface area (Å²) in [4.78, 5) is 15.7. The summed E-state index contributed by atoms with van der Waals surface area (Å²) in [6.45, 7) is 8.35. The van der Waals surface area contributed by atoms with E-state index >= 15 is 0 Å². The van der Waals surface area contributed by atoms with Gasteiger partial charge in [0.25, 0.3) is 0 Å². The second-order valence-electron chi connectivity index (χ2n) is 9.46. The minimum atomic E-state index is -0.0773. The first-order valence-corrected chi connectivity index (χ1v) is 11.6. The minimum Gasteiger partial charge on any atom is -0.379 e. The van der Waals surface area contributed by atoms with Gasteiger partial charge in [0.2, 0.25) is 5.91 Å². The van der Waals surface area contributed by atoms with E-state index in [0.29, 0.717) is 12.5 Å². The van der Waals surface area contributed by atoms with Gasteiger partial charge in [-0.25, -0.2) is 0 Å². The minimum absolute atomic E-state index is 0.0255. The third kappa shape index (κ3) is 3.93. The molecule has 2 aliphatic rings. The molecule has 6 heteroatoms. The Bertz CT molecular complexity index is 1080. The molecule has 2 N–H and O–H groups in total. The number of nitrogens with one attached hydrogen (secondary N) is 2. The number of aromatic amines is 1. The van der Waals surface area contributed by atoms with Crippen molar-refractivity contribution in [1.82, 2.24) is 20.4 Å². The van der Waals surface area contributed by atoms with Crippen LogP contribution in [0.15, 0.2) is 54.7 Å². The number of amides is 1. The van der Waals surface area contributed by atoms with Gasteiger partial charge in [0.15, 0.2) is 0 Å². The molecule has 1 aromatic heterocycles. The third-order valence-electron chi connectivity index (χ3n) is 7.71. The van der Waals surface area contributed by atoms with Gasteiger partial charge in [0, 0.05) is 36.5 Å². The molecule has 0 radical (unpaired) electrons. The van der Waals surface area contributed by atoms with E-state index in [1.165, 1.54) is 11.1 Å². The molecule has 4 atom stereocenters. The number of morpholine rings is 1. The van der Waals surface area contributed by atoms with Crippen LogP contribution in [-0.2, 0) is 21.4 Å². The van der Waals surface area contributed by atoms with Crippen LogP contribution in [0.2, 0.25) is 0 Å². The van der Waals surface area contributed by atoms with Crippen molar-refractivity contribution in [2.45, 2.75) is 31.7 Å². The fourth-order valence-electron chi connectivity index (χ4n) is 5.46. The van der Waals surface area contributed by atoms with Gasteiger partial charge in [-0.2, -0.15) is 5.10 Å². The maximum absolute atomic E-state index is 13.2. The average Bonchev–Trinajstić information content (AvgIpc) is 3.15. The van der Waals surface area contributed by atoms with Crippen LogP contribution < -0.4 is 5.32 Å². The van der Waals surface area contributed by atoms with Crippen molar-refractivity contribution >= 4 is 16.8 Å². The number of benzene rings is 2. The Kier molecular flexibility index (Phi) is 5.74. The van der Waals surface area contributed by atoms with Gasteiger partial charge in [-0.3, -0.25) is 14.8 Å². The summed E-state index contributed by atoms with van der Waals surface area (Å²) in [5.41, 5.74) is 3.49. The molecule has 1 amide bonds. The van der Waals surface area contributed by atoms with Gasteiger partial charge in [-0.15, -0.1) is 0 Å². The monoisotopic (exact) mass is 432 g/mol. The van der Waals surface area contributed by atoms with E-state index in [1.807, 2.05) is 12.3 Å². The van der Waals surface area contributed by atoms with Crippen molar-refractivity contribution in [3.63, 3.8) is 0 Å². The van der Waals surface area contributed by atoms with Crippen LogP contribution in [0.4, 0.5) is 0 Å². The summed E-state index contributed by atoms with van der Waals surface area (Å²) in [5.74, 6) is 0.542. The number of hydrogen-bond acceptors (Lipinski definition) is 4. The Morgan fingerprint density at radius 2 is 2.03 bits per heavy atom. The van der Waals surface area contributed by atoms with Crippen molar-refractivity contribution in [2.75, 3.05) is 32.8 Å². The molecule has 3 aromatic rings. The Hall–Kier alpha value is -2.70. The Balaban J connectivity index is 1.28. The number of aromatic nitrogens is 2. The third-order valence-corrected chi connectivity index (χ3v) is 7.71. The van der Waals surface area contributed by atoms with Gasteiger partial charge < -0.3 is 10.1 Å². The van der Waals surface area contributed by atoms with E-state index in [-0.39, 0.29) is 23.3 Å². The molecule has 6 nitrogen and oxygen atoms in total. The van der Waals surface area contributed by atoms with Crippen LogP contribution >= 0.6 is 0 Å². The SMILES string of the molecule is CC1C(C(=O)NC[C@H](Cc2ccc3[nH]ncc3c2)N2CCOCC2)[C@@]1(C)c1ccccc1. The molecular formula is C26H32N4O2. The highest BCUT2D eigenvalue weighted by Crippen LogP contribution is 2.59. The fraction of sp³-hybridized carbons (Fsp3) is 0.462. The van der Waals surface area contributed by atoms with Crippen molar-refractivity contribution < 1.29 is 9.53 Å². The van der Waals surface area contributed by atoms with Crippen molar-refractivity contribution in [1.29, 1.82) is 0 Å². The number of fused-ring (bicyclic) bond motifs is 1. The lowest BCUT2D eigenvalue weighted by molar-refractivity contribution is -0.123. The van der Waals surface area contributed by atoms with E-state index in [0.717, 1.165) is 43.6 Å². The number of hydrogen-bond donors (Lipinski definition) is 2. The maximum atomic E-state index is 13.2. The van der Waals surface area contributed by atoms with Gasteiger partial charge >= 0.3 is 0 Å². The summed E-state index contributed by atoms with van der Waals surface area (Å²) in [5, 5.41) is 11.6. The highest BCUT2D eigenvalue weighted by atomic mass is 16.5. The first-order valence-electron chi connectivity index (χ1n) is 11.6. The second-order valence-corrected chi connectivity index (χ2v) is 9.46. The zero-order chi connectivity index (χ0) is 22.1. The van der Waals surface area contributed by atoms with E-state index < -0.39 is 0 Å². The van der Waals surface area contributed by atoms with E-state index in [4.69, 9.17) is 4.74 Å². The topological polar surface area (TPSA) is 70.2 Å².